The smallest absolute Gasteiger partial charge is 0.327 e. The Hall–Kier alpha value is -1.12. The van der Waals surface area contributed by atoms with Gasteiger partial charge >= 0.3 is 5.97 Å². The highest BCUT2D eigenvalue weighted by molar-refractivity contribution is 7.89. The van der Waals surface area contributed by atoms with Gasteiger partial charge in [-0.15, -0.1) is 11.3 Å². The first-order valence-corrected chi connectivity index (χ1v) is 8.67. The summed E-state index contributed by atoms with van der Waals surface area (Å²) in [5.41, 5.74) is 0. The summed E-state index contributed by atoms with van der Waals surface area (Å²) < 4.78 is 26.7. The Labute approximate surface area is 135 Å². The van der Waals surface area contributed by atoms with E-state index in [0.717, 1.165) is 11.3 Å². The lowest BCUT2D eigenvalue weighted by atomic mass is 10.3. The number of carboxylic acids is 1. The first-order chi connectivity index (χ1) is 9.83. The quantitative estimate of drug-likeness (QED) is 0.852. The van der Waals surface area contributed by atoms with Gasteiger partial charge in [0.05, 0.1) is 10.0 Å². The molecule has 1 aromatic heterocycles. The van der Waals surface area contributed by atoms with Crippen molar-refractivity contribution in [2.45, 2.75) is 10.9 Å². The fourth-order valence-corrected chi connectivity index (χ4v) is 4.37. The lowest BCUT2D eigenvalue weighted by Gasteiger charge is -2.14. The van der Waals surface area contributed by atoms with Crippen LogP contribution < -0.4 is 4.72 Å². The average Bonchev–Trinajstić information content (AvgIpc) is 2.92. The van der Waals surface area contributed by atoms with Crippen molar-refractivity contribution in [3.63, 3.8) is 0 Å². The molecule has 0 fully saturated rings. The molecule has 2 N–H and O–H groups in total. The third-order valence-corrected chi connectivity index (χ3v) is 5.89. The number of benzene rings is 1. The predicted molar refractivity (Wildman–Crippen MR) is 81.5 cm³/mol. The number of hydrogen-bond acceptors (Lipinski definition) is 4. The molecule has 2 rings (SSSR count). The van der Waals surface area contributed by atoms with Crippen LogP contribution in [0.5, 0.6) is 0 Å². The third kappa shape index (κ3) is 3.56. The average molecular weight is 366 g/mol. The van der Waals surface area contributed by atoms with Crippen molar-refractivity contribution >= 4 is 50.5 Å². The van der Waals surface area contributed by atoms with Gasteiger partial charge in [-0.3, -0.25) is 4.79 Å². The minimum absolute atomic E-state index is 0.0718. The molecule has 0 bridgehead atoms. The minimum atomic E-state index is -4.12. The zero-order chi connectivity index (χ0) is 15.6. The van der Waals surface area contributed by atoms with Crippen molar-refractivity contribution in [1.29, 1.82) is 0 Å². The van der Waals surface area contributed by atoms with E-state index in [9.17, 15) is 18.3 Å². The van der Waals surface area contributed by atoms with E-state index in [-0.39, 0.29) is 14.9 Å². The van der Waals surface area contributed by atoms with E-state index in [2.05, 4.69) is 4.72 Å². The topological polar surface area (TPSA) is 83.5 Å². The van der Waals surface area contributed by atoms with E-state index in [1.54, 1.807) is 11.4 Å². The molecule has 112 valence electrons. The summed E-state index contributed by atoms with van der Waals surface area (Å²) in [5, 5.41) is 10.8. The molecule has 0 amide bonds. The number of sulfonamides is 1. The second-order valence-corrected chi connectivity index (χ2v) is 7.41. The van der Waals surface area contributed by atoms with Gasteiger partial charge in [0.1, 0.15) is 4.90 Å². The van der Waals surface area contributed by atoms with E-state index in [0.29, 0.717) is 4.88 Å². The van der Waals surface area contributed by atoms with E-state index in [1.165, 1.54) is 24.3 Å². The Kier molecular flexibility index (Phi) is 4.90. The summed E-state index contributed by atoms with van der Waals surface area (Å²) in [6.45, 7) is 0. The second-order valence-electron chi connectivity index (χ2n) is 3.96. The van der Waals surface area contributed by atoms with Crippen molar-refractivity contribution in [2.24, 2.45) is 0 Å². The Morgan fingerprint density at radius 2 is 1.95 bits per heavy atom. The van der Waals surface area contributed by atoms with E-state index in [4.69, 9.17) is 23.2 Å². The summed E-state index contributed by atoms with van der Waals surface area (Å²) in [5.74, 6) is -1.31. The van der Waals surface area contributed by atoms with Crippen LogP contribution in [0.15, 0.2) is 40.6 Å². The number of rotatable bonds is 5. The summed E-state index contributed by atoms with van der Waals surface area (Å²) in [6, 6.07) is 5.90. The van der Waals surface area contributed by atoms with Gasteiger partial charge in [-0.2, -0.15) is 4.72 Å². The molecule has 9 heteroatoms. The highest BCUT2D eigenvalue weighted by atomic mass is 35.5. The van der Waals surface area contributed by atoms with Gasteiger partial charge in [0.2, 0.25) is 10.0 Å². The molecule has 2 aromatic rings. The van der Waals surface area contributed by atoms with Gasteiger partial charge in [0.15, 0.2) is 6.04 Å². The third-order valence-electron chi connectivity index (χ3n) is 2.55. The van der Waals surface area contributed by atoms with Crippen LogP contribution in [0.3, 0.4) is 0 Å². The minimum Gasteiger partial charge on any atom is -0.480 e. The second kappa shape index (κ2) is 6.33. The first-order valence-electron chi connectivity index (χ1n) is 5.55. The highest BCUT2D eigenvalue weighted by Crippen LogP contribution is 2.30. The Morgan fingerprint density at radius 1 is 1.24 bits per heavy atom. The van der Waals surface area contributed by atoms with Crippen LogP contribution in [0.2, 0.25) is 10.0 Å². The fourth-order valence-electron chi connectivity index (χ4n) is 1.60. The molecule has 1 atom stereocenters. The normalized spacial score (nSPS) is 13.0. The summed E-state index contributed by atoms with van der Waals surface area (Å²) in [7, 11) is -4.12. The van der Waals surface area contributed by atoms with Crippen LogP contribution in [0, 0.1) is 0 Å². The summed E-state index contributed by atoms with van der Waals surface area (Å²) in [4.78, 5) is 11.4. The van der Waals surface area contributed by atoms with Gasteiger partial charge < -0.3 is 5.11 Å². The molecule has 5 nitrogen and oxygen atoms in total. The van der Waals surface area contributed by atoms with Crippen LogP contribution >= 0.6 is 34.5 Å². The maximum absolute atomic E-state index is 12.3. The fraction of sp³-hybridized carbons (Fsp3) is 0.0833. The lowest BCUT2D eigenvalue weighted by Crippen LogP contribution is -2.33. The predicted octanol–water partition coefficient (Wildman–Crippen LogP) is 3.16. The standard InChI is InChI=1S/C12H9Cl2NO4S2/c13-7-3-1-5-9(10(7)14)21(18,19)15-11(12(16)17)8-4-2-6-20-8/h1-6,11,15H,(H,16,17). The van der Waals surface area contributed by atoms with E-state index < -0.39 is 22.0 Å². The number of carboxylic acid groups (broad SMARTS) is 1. The van der Waals surface area contributed by atoms with Crippen LogP contribution in [-0.2, 0) is 14.8 Å². The van der Waals surface area contributed by atoms with E-state index in [1.807, 2.05) is 0 Å². The molecular formula is C12H9Cl2NO4S2. The molecule has 0 aliphatic carbocycles. The monoisotopic (exact) mass is 365 g/mol. The number of halogens is 2. The molecule has 1 aromatic carbocycles. The Morgan fingerprint density at radius 3 is 2.52 bits per heavy atom. The van der Waals surface area contributed by atoms with Crippen LogP contribution in [0.4, 0.5) is 0 Å². The van der Waals surface area contributed by atoms with Gasteiger partial charge in [-0.05, 0) is 23.6 Å². The van der Waals surface area contributed by atoms with Crippen molar-refractivity contribution < 1.29 is 18.3 Å². The van der Waals surface area contributed by atoms with Crippen molar-refractivity contribution in [3.05, 3.63) is 50.6 Å². The number of thiophene rings is 1. The molecular weight excluding hydrogens is 357 g/mol. The molecule has 0 saturated carbocycles. The van der Waals surface area contributed by atoms with Crippen LogP contribution in [0.1, 0.15) is 10.9 Å². The summed E-state index contributed by atoms with van der Waals surface area (Å²) >= 11 is 12.8. The first kappa shape index (κ1) is 16.3. The zero-order valence-electron chi connectivity index (χ0n) is 10.3. The lowest BCUT2D eigenvalue weighted by molar-refractivity contribution is -0.139. The van der Waals surface area contributed by atoms with Crippen LogP contribution in [0.25, 0.3) is 0 Å². The van der Waals surface area contributed by atoms with E-state index >= 15 is 0 Å². The molecule has 0 aliphatic rings. The zero-order valence-corrected chi connectivity index (χ0v) is 13.4. The van der Waals surface area contributed by atoms with Gasteiger partial charge in [0.25, 0.3) is 0 Å². The Balaban J connectivity index is 2.40. The summed E-state index contributed by atoms with van der Waals surface area (Å²) in [6.07, 6.45) is 0. The van der Waals surface area contributed by atoms with Gasteiger partial charge in [-0.25, -0.2) is 8.42 Å². The van der Waals surface area contributed by atoms with Gasteiger partial charge in [0, 0.05) is 4.88 Å². The van der Waals surface area contributed by atoms with Crippen molar-refractivity contribution in [2.75, 3.05) is 0 Å². The molecule has 0 aliphatic heterocycles. The maximum Gasteiger partial charge on any atom is 0.327 e. The molecule has 1 unspecified atom stereocenters. The molecule has 21 heavy (non-hydrogen) atoms. The molecule has 1 heterocycles. The maximum atomic E-state index is 12.3. The SMILES string of the molecule is O=C(O)C(NS(=O)(=O)c1cccc(Cl)c1Cl)c1cccs1. The largest absolute Gasteiger partial charge is 0.480 e. The Bertz CT molecular complexity index is 760. The van der Waals surface area contributed by atoms with Gasteiger partial charge in [-0.1, -0.05) is 35.3 Å². The number of carbonyl (C=O) groups is 1. The number of nitrogens with one attached hydrogen (secondary N) is 1. The highest BCUT2D eigenvalue weighted by Gasteiger charge is 2.29. The molecule has 0 spiro atoms. The molecule has 0 radical (unpaired) electrons. The molecule has 0 saturated heterocycles. The van der Waals surface area contributed by atoms with Crippen LogP contribution in [-0.4, -0.2) is 19.5 Å². The van der Waals surface area contributed by atoms with Crippen molar-refractivity contribution in [3.8, 4) is 0 Å². The number of hydrogen-bond donors (Lipinski definition) is 2. The number of aliphatic carboxylic acids is 1. The van der Waals surface area contributed by atoms with Crippen molar-refractivity contribution in [1.82, 2.24) is 4.72 Å².